The average molecular weight is 408 g/mol. The Morgan fingerprint density at radius 2 is 1.89 bits per heavy atom. The zero-order valence-corrected chi connectivity index (χ0v) is 16.7. The Hall–Kier alpha value is -2.19. The van der Waals surface area contributed by atoms with Crippen LogP contribution in [0.5, 0.6) is 0 Å². The smallest absolute Gasteiger partial charge is 0.317 e. The number of thiocarbonyl (C=S) groups is 1. The second-order valence-corrected chi connectivity index (χ2v) is 8.09. The van der Waals surface area contributed by atoms with E-state index in [1.807, 2.05) is 38.1 Å². The third kappa shape index (κ3) is 5.40. The number of benzene rings is 1. The second kappa shape index (κ2) is 9.14. The van der Waals surface area contributed by atoms with E-state index in [2.05, 4.69) is 0 Å². The van der Waals surface area contributed by atoms with E-state index < -0.39 is 17.9 Å². The van der Waals surface area contributed by atoms with E-state index >= 15 is 0 Å². The van der Waals surface area contributed by atoms with Crippen molar-refractivity contribution in [1.29, 1.82) is 0 Å². The van der Waals surface area contributed by atoms with Crippen molar-refractivity contribution in [2.45, 2.75) is 33.1 Å². The topological polar surface area (TPSA) is 94.9 Å². The first-order valence-electron chi connectivity index (χ1n) is 8.49. The minimum atomic E-state index is -1.42. The van der Waals surface area contributed by atoms with Crippen LogP contribution in [0.4, 0.5) is 0 Å². The SMILES string of the molecule is Cc1ccc(C)c(C=C2SC(=S)N(CCCCC(C(=O)O)C(=O)O)C2=O)c1. The second-order valence-electron chi connectivity index (χ2n) is 6.42. The summed E-state index contributed by atoms with van der Waals surface area (Å²) in [5, 5.41) is 17.8. The molecule has 0 atom stereocenters. The van der Waals surface area contributed by atoms with Crippen molar-refractivity contribution in [3.8, 4) is 0 Å². The summed E-state index contributed by atoms with van der Waals surface area (Å²) in [4.78, 5) is 36.4. The molecule has 2 rings (SSSR count). The normalized spacial score (nSPS) is 15.8. The number of hydrogen-bond acceptors (Lipinski definition) is 5. The molecular formula is C19H21NO5S2. The van der Waals surface area contributed by atoms with Gasteiger partial charge >= 0.3 is 11.9 Å². The molecule has 1 aromatic carbocycles. The highest BCUT2D eigenvalue weighted by molar-refractivity contribution is 8.26. The molecular weight excluding hydrogens is 386 g/mol. The Labute approximate surface area is 167 Å². The van der Waals surface area contributed by atoms with Crippen molar-refractivity contribution in [3.63, 3.8) is 0 Å². The van der Waals surface area contributed by atoms with Crippen molar-refractivity contribution < 1.29 is 24.6 Å². The Morgan fingerprint density at radius 1 is 1.22 bits per heavy atom. The summed E-state index contributed by atoms with van der Waals surface area (Å²) < 4.78 is 0.463. The van der Waals surface area contributed by atoms with Crippen LogP contribution in [0.3, 0.4) is 0 Å². The van der Waals surface area contributed by atoms with E-state index in [-0.39, 0.29) is 12.3 Å². The Bertz CT molecular complexity index is 804. The van der Waals surface area contributed by atoms with E-state index in [9.17, 15) is 14.4 Å². The monoisotopic (exact) mass is 407 g/mol. The number of unbranched alkanes of at least 4 members (excludes halogenated alkanes) is 1. The third-order valence-corrected chi connectivity index (χ3v) is 5.69. The number of carbonyl (C=O) groups is 3. The third-order valence-electron chi connectivity index (χ3n) is 4.32. The zero-order chi connectivity index (χ0) is 20.1. The fourth-order valence-electron chi connectivity index (χ4n) is 2.72. The number of aryl methyl sites for hydroxylation is 2. The van der Waals surface area contributed by atoms with Crippen LogP contribution >= 0.6 is 24.0 Å². The maximum absolute atomic E-state index is 12.6. The van der Waals surface area contributed by atoms with Gasteiger partial charge in [0, 0.05) is 6.54 Å². The highest BCUT2D eigenvalue weighted by Crippen LogP contribution is 2.33. The minimum absolute atomic E-state index is 0.0256. The molecule has 144 valence electrons. The fourth-order valence-corrected chi connectivity index (χ4v) is 4.02. The predicted octanol–water partition coefficient (Wildman–Crippen LogP) is 3.46. The molecule has 0 spiro atoms. The van der Waals surface area contributed by atoms with Gasteiger partial charge in [0.1, 0.15) is 4.32 Å². The van der Waals surface area contributed by atoms with Crippen LogP contribution in [-0.4, -0.2) is 43.8 Å². The zero-order valence-electron chi connectivity index (χ0n) is 15.1. The quantitative estimate of drug-likeness (QED) is 0.295. The molecule has 1 aliphatic rings. The van der Waals surface area contributed by atoms with Crippen molar-refractivity contribution in [3.05, 3.63) is 39.8 Å². The lowest BCUT2D eigenvalue weighted by Crippen LogP contribution is -2.29. The summed E-state index contributed by atoms with van der Waals surface area (Å²) >= 11 is 6.54. The lowest BCUT2D eigenvalue weighted by Gasteiger charge is -2.14. The van der Waals surface area contributed by atoms with Gasteiger partial charge < -0.3 is 10.2 Å². The van der Waals surface area contributed by atoms with Crippen molar-refractivity contribution in [1.82, 2.24) is 4.90 Å². The molecule has 1 amide bonds. The summed E-state index contributed by atoms with van der Waals surface area (Å²) in [7, 11) is 0. The van der Waals surface area contributed by atoms with Crippen LogP contribution < -0.4 is 0 Å². The number of aliphatic carboxylic acids is 2. The van der Waals surface area contributed by atoms with Gasteiger partial charge in [-0.15, -0.1) is 0 Å². The van der Waals surface area contributed by atoms with Gasteiger partial charge in [0.15, 0.2) is 5.92 Å². The van der Waals surface area contributed by atoms with Crippen molar-refractivity contribution in [2.24, 2.45) is 5.92 Å². The lowest BCUT2D eigenvalue weighted by atomic mass is 10.0. The van der Waals surface area contributed by atoms with Crippen LogP contribution in [0.2, 0.25) is 0 Å². The molecule has 1 heterocycles. The fraction of sp³-hybridized carbons (Fsp3) is 0.368. The highest BCUT2D eigenvalue weighted by atomic mass is 32.2. The summed E-state index contributed by atoms with van der Waals surface area (Å²) in [6.07, 6.45) is 2.74. The maximum atomic E-state index is 12.6. The molecule has 0 radical (unpaired) electrons. The van der Waals surface area contributed by atoms with Crippen molar-refractivity contribution >= 4 is 52.2 Å². The van der Waals surface area contributed by atoms with E-state index in [1.54, 1.807) is 0 Å². The molecule has 6 nitrogen and oxygen atoms in total. The maximum Gasteiger partial charge on any atom is 0.317 e. The summed E-state index contributed by atoms with van der Waals surface area (Å²) in [5.41, 5.74) is 3.15. The molecule has 1 fully saturated rings. The van der Waals surface area contributed by atoms with Crippen molar-refractivity contribution in [2.75, 3.05) is 6.54 Å². The van der Waals surface area contributed by atoms with Crippen LogP contribution in [0, 0.1) is 19.8 Å². The minimum Gasteiger partial charge on any atom is -0.481 e. The standard InChI is InChI=1S/C19H21NO5S2/c1-11-6-7-12(2)13(9-11)10-15-16(21)20(19(26)27-15)8-4-3-5-14(17(22)23)18(24)25/h6-7,9-10,14H,3-5,8H2,1-2H3,(H,22,23)(H,24,25). The molecule has 0 aliphatic carbocycles. The Kier molecular flexibility index (Phi) is 7.15. The molecule has 0 aromatic heterocycles. The Morgan fingerprint density at radius 3 is 2.52 bits per heavy atom. The number of thioether (sulfide) groups is 1. The van der Waals surface area contributed by atoms with Gasteiger partial charge in [0.2, 0.25) is 0 Å². The van der Waals surface area contributed by atoms with Crippen LogP contribution in [0.15, 0.2) is 23.1 Å². The summed E-state index contributed by atoms with van der Waals surface area (Å²) in [6, 6.07) is 6.03. The van der Waals surface area contributed by atoms with Crippen LogP contribution in [-0.2, 0) is 14.4 Å². The molecule has 1 aliphatic heterocycles. The molecule has 2 N–H and O–H groups in total. The van der Waals surface area contributed by atoms with Gasteiger partial charge in [-0.3, -0.25) is 19.3 Å². The van der Waals surface area contributed by atoms with Gasteiger partial charge in [-0.2, -0.15) is 0 Å². The number of carbonyl (C=O) groups excluding carboxylic acids is 1. The first-order chi connectivity index (χ1) is 12.7. The highest BCUT2D eigenvalue weighted by Gasteiger charge is 2.32. The first-order valence-corrected chi connectivity index (χ1v) is 9.71. The van der Waals surface area contributed by atoms with E-state index in [0.717, 1.165) is 16.7 Å². The van der Waals surface area contributed by atoms with Gasteiger partial charge in [0.05, 0.1) is 4.91 Å². The number of hydrogen-bond donors (Lipinski definition) is 2. The molecule has 0 unspecified atom stereocenters. The summed E-state index contributed by atoms with van der Waals surface area (Å²) in [6.45, 7) is 4.32. The summed E-state index contributed by atoms with van der Waals surface area (Å²) in [5.74, 6) is -4.27. The number of carboxylic acid groups (broad SMARTS) is 2. The van der Waals surface area contributed by atoms with Gasteiger partial charge in [-0.1, -0.05) is 54.2 Å². The van der Waals surface area contributed by atoms with Crippen LogP contribution in [0.1, 0.15) is 36.0 Å². The largest absolute Gasteiger partial charge is 0.481 e. The molecule has 0 bridgehead atoms. The molecule has 0 saturated carbocycles. The number of amides is 1. The van der Waals surface area contributed by atoms with Crippen LogP contribution in [0.25, 0.3) is 6.08 Å². The lowest BCUT2D eigenvalue weighted by molar-refractivity contribution is -0.154. The number of rotatable bonds is 8. The molecule has 1 aromatic rings. The number of nitrogens with zero attached hydrogens (tertiary/aromatic N) is 1. The van der Waals surface area contributed by atoms with E-state index in [0.29, 0.717) is 28.6 Å². The average Bonchev–Trinajstić information content (AvgIpc) is 2.84. The number of carboxylic acids is 2. The molecule has 27 heavy (non-hydrogen) atoms. The first kappa shape index (κ1) is 21.1. The van der Waals surface area contributed by atoms with E-state index in [4.69, 9.17) is 22.4 Å². The predicted molar refractivity (Wildman–Crippen MR) is 108 cm³/mol. The van der Waals surface area contributed by atoms with Gasteiger partial charge in [-0.25, -0.2) is 0 Å². The van der Waals surface area contributed by atoms with Gasteiger partial charge in [-0.05, 0) is 43.9 Å². The molecule has 8 heteroatoms. The van der Waals surface area contributed by atoms with E-state index in [1.165, 1.54) is 16.7 Å². The Balaban J connectivity index is 1.98. The molecule has 1 saturated heterocycles. The van der Waals surface area contributed by atoms with Gasteiger partial charge in [0.25, 0.3) is 5.91 Å².